The number of carbonyl (C=O) groups is 1. The topological polar surface area (TPSA) is 74.5 Å². The van der Waals surface area contributed by atoms with Crippen molar-refractivity contribution in [2.24, 2.45) is 0 Å². The van der Waals surface area contributed by atoms with Gasteiger partial charge in [0, 0.05) is 38.6 Å². The van der Waals surface area contributed by atoms with Gasteiger partial charge in [-0.05, 0) is 24.1 Å². The first-order chi connectivity index (χ1) is 13.5. The number of aromatic nitrogens is 2. The average molecular weight is 389 g/mol. The molecule has 0 aliphatic carbocycles. The van der Waals surface area contributed by atoms with Gasteiger partial charge in [-0.3, -0.25) is 14.6 Å². The summed E-state index contributed by atoms with van der Waals surface area (Å²) in [6.45, 7) is 9.07. The number of halogens is 1. The Labute approximate surface area is 164 Å². The van der Waals surface area contributed by atoms with Gasteiger partial charge in [-0.2, -0.15) is 4.98 Å². The largest absolute Gasteiger partial charge is 0.355 e. The van der Waals surface area contributed by atoms with Crippen molar-refractivity contribution in [3.63, 3.8) is 0 Å². The summed E-state index contributed by atoms with van der Waals surface area (Å²) in [5.41, 5.74) is 1.01. The van der Waals surface area contributed by atoms with Crippen molar-refractivity contribution >= 4 is 5.91 Å². The highest BCUT2D eigenvalue weighted by atomic mass is 19.1. The molecule has 28 heavy (non-hydrogen) atoms. The Kier molecular flexibility index (Phi) is 7.11. The van der Waals surface area contributed by atoms with Gasteiger partial charge >= 0.3 is 0 Å². The molecule has 0 atom stereocenters. The number of piperazine rings is 1. The molecule has 2 aromatic rings. The fraction of sp³-hybridized carbons (Fsp3) is 0.550. The van der Waals surface area contributed by atoms with E-state index in [4.69, 9.17) is 4.52 Å². The lowest BCUT2D eigenvalue weighted by molar-refractivity contribution is -0.122. The van der Waals surface area contributed by atoms with Crippen LogP contribution in [-0.4, -0.2) is 65.1 Å². The van der Waals surface area contributed by atoms with Crippen LogP contribution in [0.1, 0.15) is 37.0 Å². The van der Waals surface area contributed by atoms with Crippen LogP contribution in [0.2, 0.25) is 0 Å². The van der Waals surface area contributed by atoms with Crippen LogP contribution < -0.4 is 5.32 Å². The van der Waals surface area contributed by atoms with Gasteiger partial charge in [0.05, 0.1) is 13.1 Å². The zero-order chi connectivity index (χ0) is 19.9. The highest BCUT2D eigenvalue weighted by Crippen LogP contribution is 2.12. The second-order valence-electron chi connectivity index (χ2n) is 7.48. The molecule has 1 aliphatic heterocycles. The van der Waals surface area contributed by atoms with Gasteiger partial charge in [0.15, 0.2) is 5.82 Å². The van der Waals surface area contributed by atoms with Crippen molar-refractivity contribution in [1.82, 2.24) is 25.3 Å². The fourth-order valence-electron chi connectivity index (χ4n) is 3.12. The number of nitrogens with zero attached hydrogens (tertiary/aromatic N) is 4. The maximum absolute atomic E-state index is 12.9. The molecule has 1 aliphatic rings. The van der Waals surface area contributed by atoms with Gasteiger partial charge in [-0.1, -0.05) is 31.1 Å². The molecule has 1 N–H and O–H groups in total. The van der Waals surface area contributed by atoms with Gasteiger partial charge < -0.3 is 9.84 Å². The third-order valence-electron chi connectivity index (χ3n) is 4.84. The van der Waals surface area contributed by atoms with Crippen molar-refractivity contribution in [3.8, 4) is 0 Å². The summed E-state index contributed by atoms with van der Waals surface area (Å²) in [5.74, 6) is 1.43. The molecule has 0 unspecified atom stereocenters. The minimum Gasteiger partial charge on any atom is -0.355 e. The van der Waals surface area contributed by atoms with Crippen molar-refractivity contribution in [2.75, 3.05) is 39.3 Å². The molecule has 1 saturated heterocycles. The molecule has 2 heterocycles. The Hall–Kier alpha value is -2.32. The van der Waals surface area contributed by atoms with Crippen LogP contribution in [0.25, 0.3) is 0 Å². The summed E-state index contributed by atoms with van der Waals surface area (Å²) in [7, 11) is 0. The van der Waals surface area contributed by atoms with E-state index >= 15 is 0 Å². The quantitative estimate of drug-likeness (QED) is 0.742. The maximum atomic E-state index is 12.9. The second-order valence-corrected chi connectivity index (χ2v) is 7.48. The van der Waals surface area contributed by atoms with Crippen LogP contribution in [0.5, 0.6) is 0 Å². The number of rotatable bonds is 8. The lowest BCUT2D eigenvalue weighted by Crippen LogP contribution is -2.49. The van der Waals surface area contributed by atoms with E-state index in [1.54, 1.807) is 12.1 Å². The van der Waals surface area contributed by atoms with Crippen molar-refractivity contribution < 1.29 is 13.7 Å². The van der Waals surface area contributed by atoms with E-state index in [-0.39, 0.29) is 17.6 Å². The molecule has 3 rings (SSSR count). The van der Waals surface area contributed by atoms with Crippen LogP contribution in [0.15, 0.2) is 28.8 Å². The Morgan fingerprint density at radius 1 is 1.18 bits per heavy atom. The Morgan fingerprint density at radius 3 is 2.50 bits per heavy atom. The van der Waals surface area contributed by atoms with Crippen LogP contribution in [0, 0.1) is 5.82 Å². The van der Waals surface area contributed by atoms with Gasteiger partial charge in [0.25, 0.3) is 0 Å². The van der Waals surface area contributed by atoms with Crippen LogP contribution >= 0.6 is 0 Å². The number of carbonyl (C=O) groups excluding carboxylic acids is 1. The fourth-order valence-corrected chi connectivity index (χ4v) is 3.12. The van der Waals surface area contributed by atoms with Crippen LogP contribution in [0.3, 0.4) is 0 Å². The molecule has 7 nitrogen and oxygen atoms in total. The minimum absolute atomic E-state index is 0.0223. The molecule has 152 valence electrons. The zero-order valence-electron chi connectivity index (χ0n) is 16.5. The number of hydrogen-bond acceptors (Lipinski definition) is 6. The summed E-state index contributed by atoms with van der Waals surface area (Å²) in [6.07, 6.45) is 0.697. The summed E-state index contributed by atoms with van der Waals surface area (Å²) in [6, 6.07) is 6.37. The molecule has 0 radical (unpaired) electrons. The zero-order valence-corrected chi connectivity index (χ0v) is 16.5. The van der Waals surface area contributed by atoms with E-state index in [2.05, 4.69) is 25.3 Å². The molecular weight excluding hydrogens is 361 g/mol. The number of nitrogens with one attached hydrogen (secondary N) is 1. The van der Waals surface area contributed by atoms with Gasteiger partial charge in [-0.25, -0.2) is 4.39 Å². The molecule has 1 fully saturated rings. The third-order valence-corrected chi connectivity index (χ3v) is 4.84. The predicted molar refractivity (Wildman–Crippen MR) is 103 cm³/mol. The predicted octanol–water partition coefficient (Wildman–Crippen LogP) is 1.81. The van der Waals surface area contributed by atoms with Crippen LogP contribution in [-0.2, 0) is 17.8 Å². The van der Waals surface area contributed by atoms with Gasteiger partial charge in [-0.15, -0.1) is 0 Å². The smallest absolute Gasteiger partial charge is 0.240 e. The van der Waals surface area contributed by atoms with E-state index < -0.39 is 0 Å². The first-order valence-corrected chi connectivity index (χ1v) is 9.78. The van der Waals surface area contributed by atoms with E-state index in [9.17, 15) is 9.18 Å². The molecule has 0 bridgehead atoms. The number of amides is 1. The normalized spacial score (nSPS) is 15.9. The Morgan fingerprint density at radius 2 is 1.86 bits per heavy atom. The molecule has 0 saturated carbocycles. The van der Waals surface area contributed by atoms with Crippen molar-refractivity contribution in [2.45, 2.75) is 32.7 Å². The van der Waals surface area contributed by atoms with Gasteiger partial charge in [0.1, 0.15) is 5.82 Å². The lowest BCUT2D eigenvalue weighted by Gasteiger charge is -2.33. The number of benzene rings is 1. The summed E-state index contributed by atoms with van der Waals surface area (Å²) >= 11 is 0. The van der Waals surface area contributed by atoms with Crippen LogP contribution in [0.4, 0.5) is 4.39 Å². The van der Waals surface area contributed by atoms with E-state index in [0.717, 1.165) is 37.6 Å². The molecule has 1 amide bonds. The Balaban J connectivity index is 1.33. The molecule has 1 aromatic heterocycles. The maximum Gasteiger partial charge on any atom is 0.240 e. The van der Waals surface area contributed by atoms with Gasteiger partial charge in [0.2, 0.25) is 11.8 Å². The van der Waals surface area contributed by atoms with Crippen molar-refractivity contribution in [1.29, 1.82) is 0 Å². The summed E-state index contributed by atoms with van der Waals surface area (Å²) < 4.78 is 18.2. The summed E-state index contributed by atoms with van der Waals surface area (Å²) in [5, 5.41) is 6.93. The van der Waals surface area contributed by atoms with Crippen molar-refractivity contribution in [3.05, 3.63) is 47.4 Å². The molecule has 0 spiro atoms. The molecule has 8 heteroatoms. The number of hydrogen-bond donors (Lipinski definition) is 1. The summed E-state index contributed by atoms with van der Waals surface area (Å²) in [4.78, 5) is 21.0. The third kappa shape index (κ3) is 6.10. The SMILES string of the molecule is CC(C)c1noc(CN2CCN(CC(=O)NCCc3ccc(F)cc3)CC2)n1. The lowest BCUT2D eigenvalue weighted by atomic mass is 10.1. The van der Waals surface area contributed by atoms with E-state index in [1.165, 1.54) is 12.1 Å². The van der Waals surface area contributed by atoms with E-state index in [1.807, 2.05) is 13.8 Å². The standard InChI is InChI=1S/C20H28FN5O2/c1-15(2)20-23-19(28-24-20)14-26-11-9-25(10-12-26)13-18(27)22-8-7-16-3-5-17(21)6-4-16/h3-6,15H,7-14H2,1-2H3,(H,22,27). The minimum atomic E-state index is -0.244. The highest BCUT2D eigenvalue weighted by Gasteiger charge is 2.21. The molecule has 1 aromatic carbocycles. The monoisotopic (exact) mass is 389 g/mol. The first kappa shape index (κ1) is 20.4. The Bertz CT molecular complexity index is 754. The average Bonchev–Trinajstić information content (AvgIpc) is 3.14. The molecular formula is C20H28FN5O2. The van der Waals surface area contributed by atoms with E-state index in [0.29, 0.717) is 31.9 Å². The first-order valence-electron chi connectivity index (χ1n) is 9.78. The second kappa shape index (κ2) is 9.75. The highest BCUT2D eigenvalue weighted by molar-refractivity contribution is 5.78.